The van der Waals surface area contributed by atoms with Crippen LogP contribution in [0.4, 0.5) is 0 Å². The van der Waals surface area contributed by atoms with E-state index in [0.717, 1.165) is 24.8 Å². The Balaban J connectivity index is 2.89. The highest BCUT2D eigenvalue weighted by atomic mass is 16.4. The molecule has 1 rings (SSSR count). The summed E-state index contributed by atoms with van der Waals surface area (Å²) >= 11 is 0. The zero-order valence-corrected chi connectivity index (χ0v) is 23.9. The molecule has 1 aromatic carbocycles. The van der Waals surface area contributed by atoms with Crippen LogP contribution in [0.2, 0.25) is 0 Å². The molecule has 0 saturated heterocycles. The highest BCUT2D eigenvalue weighted by molar-refractivity contribution is 5.93. The first-order valence-electron chi connectivity index (χ1n) is 14.2. The molecule has 4 N–H and O–H groups in total. The molecule has 0 unspecified atom stereocenters. The number of unbranched alkanes of at least 4 members (excludes halogenated alkanes) is 6. The fraction of sp³-hybridized carbons (Fsp3) is 0.667. The second-order valence-electron chi connectivity index (χ2n) is 10.9. The molecular formula is C30H49N3O5. The molecule has 0 aliphatic rings. The Kier molecular flexibility index (Phi) is 16.0. The van der Waals surface area contributed by atoms with Gasteiger partial charge in [-0.15, -0.1) is 0 Å². The zero-order valence-electron chi connectivity index (χ0n) is 23.9. The molecule has 1 aromatic rings. The Bertz CT molecular complexity index is 857. The highest BCUT2D eigenvalue weighted by Crippen LogP contribution is 2.11. The predicted octanol–water partition coefficient (Wildman–Crippen LogP) is 4.61. The molecule has 0 radical (unpaired) electrons. The molecule has 0 aliphatic heterocycles. The van der Waals surface area contributed by atoms with Crippen molar-refractivity contribution in [3.8, 4) is 0 Å². The van der Waals surface area contributed by atoms with E-state index in [1.54, 1.807) is 13.8 Å². The quantitative estimate of drug-likeness (QED) is 0.194. The van der Waals surface area contributed by atoms with Crippen LogP contribution in [0.25, 0.3) is 0 Å². The summed E-state index contributed by atoms with van der Waals surface area (Å²) in [5, 5.41) is 17.7. The van der Waals surface area contributed by atoms with Crippen molar-refractivity contribution in [3.63, 3.8) is 0 Å². The Morgan fingerprint density at radius 2 is 1.34 bits per heavy atom. The summed E-state index contributed by atoms with van der Waals surface area (Å²) in [6.07, 6.45) is 8.64. The molecular weight excluding hydrogens is 482 g/mol. The standard InChI is InChI=1S/C30H49N3O5/c1-6-7-8-9-10-11-15-18-26(34)31-25(20-23-16-13-12-14-17-23)28(35)32-24(19-21(2)3)29(36)33-27(22(4)5)30(37)38/h12-14,16-17,21-22,24-25,27H,6-11,15,18-20H2,1-5H3,(H,31,34)(H,32,35)(H,33,36)(H,37,38)/t24-,25-,27-/m0/s1. The summed E-state index contributed by atoms with van der Waals surface area (Å²) in [5.74, 6) is -2.55. The summed E-state index contributed by atoms with van der Waals surface area (Å²) in [7, 11) is 0. The number of hydrogen-bond acceptors (Lipinski definition) is 4. The van der Waals surface area contributed by atoms with Gasteiger partial charge in [-0.3, -0.25) is 14.4 Å². The molecule has 0 bridgehead atoms. The summed E-state index contributed by atoms with van der Waals surface area (Å²) in [6.45, 7) is 9.46. The van der Waals surface area contributed by atoms with Crippen LogP contribution >= 0.6 is 0 Å². The van der Waals surface area contributed by atoms with Crippen molar-refractivity contribution in [2.24, 2.45) is 11.8 Å². The number of rotatable bonds is 19. The number of carboxylic acids is 1. The summed E-state index contributed by atoms with van der Waals surface area (Å²) in [4.78, 5) is 50.8. The second kappa shape index (κ2) is 18.4. The number of carbonyl (C=O) groups excluding carboxylic acids is 3. The first-order valence-corrected chi connectivity index (χ1v) is 14.2. The fourth-order valence-corrected chi connectivity index (χ4v) is 4.31. The summed E-state index contributed by atoms with van der Waals surface area (Å²) < 4.78 is 0. The van der Waals surface area contributed by atoms with Gasteiger partial charge in [0, 0.05) is 12.8 Å². The molecule has 3 amide bonds. The molecule has 0 saturated carbocycles. The van der Waals surface area contributed by atoms with Gasteiger partial charge in [0.2, 0.25) is 17.7 Å². The van der Waals surface area contributed by atoms with Gasteiger partial charge in [-0.25, -0.2) is 4.79 Å². The Hall–Kier alpha value is -2.90. The molecule has 214 valence electrons. The van der Waals surface area contributed by atoms with Crippen molar-refractivity contribution in [2.45, 2.75) is 117 Å². The van der Waals surface area contributed by atoms with Crippen molar-refractivity contribution in [2.75, 3.05) is 0 Å². The van der Waals surface area contributed by atoms with E-state index < -0.39 is 35.9 Å². The number of amides is 3. The molecule has 8 nitrogen and oxygen atoms in total. The average molecular weight is 532 g/mol. The van der Waals surface area contributed by atoms with E-state index in [1.165, 1.54) is 25.7 Å². The van der Waals surface area contributed by atoms with Gasteiger partial charge in [-0.2, -0.15) is 0 Å². The monoisotopic (exact) mass is 531 g/mol. The Morgan fingerprint density at radius 1 is 0.763 bits per heavy atom. The van der Waals surface area contributed by atoms with E-state index in [2.05, 4.69) is 22.9 Å². The first kappa shape index (κ1) is 33.1. The minimum absolute atomic E-state index is 0.0767. The number of carboxylic acid groups (broad SMARTS) is 1. The summed E-state index contributed by atoms with van der Waals surface area (Å²) in [5.41, 5.74) is 0.888. The molecule has 8 heteroatoms. The van der Waals surface area contributed by atoms with Crippen molar-refractivity contribution >= 4 is 23.7 Å². The number of benzene rings is 1. The van der Waals surface area contributed by atoms with Crippen LogP contribution in [0.1, 0.15) is 98.0 Å². The maximum Gasteiger partial charge on any atom is 0.326 e. The molecule has 38 heavy (non-hydrogen) atoms. The lowest BCUT2D eigenvalue weighted by Crippen LogP contribution is -2.57. The minimum atomic E-state index is -1.12. The van der Waals surface area contributed by atoms with Crippen LogP contribution in [0.15, 0.2) is 30.3 Å². The lowest BCUT2D eigenvalue weighted by atomic mass is 9.99. The van der Waals surface area contributed by atoms with Crippen molar-refractivity contribution in [3.05, 3.63) is 35.9 Å². The van der Waals surface area contributed by atoms with E-state index in [9.17, 15) is 24.3 Å². The van der Waals surface area contributed by atoms with Crippen LogP contribution in [-0.2, 0) is 25.6 Å². The van der Waals surface area contributed by atoms with E-state index in [0.29, 0.717) is 12.8 Å². The third-order valence-corrected chi connectivity index (χ3v) is 6.51. The third-order valence-electron chi connectivity index (χ3n) is 6.51. The Morgan fingerprint density at radius 3 is 1.89 bits per heavy atom. The van der Waals surface area contributed by atoms with Crippen LogP contribution < -0.4 is 16.0 Å². The van der Waals surface area contributed by atoms with Gasteiger partial charge >= 0.3 is 5.97 Å². The van der Waals surface area contributed by atoms with E-state index in [-0.39, 0.29) is 24.2 Å². The third kappa shape index (κ3) is 13.6. The zero-order chi connectivity index (χ0) is 28.5. The number of aliphatic carboxylic acids is 1. The summed E-state index contributed by atoms with van der Waals surface area (Å²) in [6, 6.07) is 6.58. The lowest BCUT2D eigenvalue weighted by molar-refractivity contribution is -0.143. The van der Waals surface area contributed by atoms with Crippen molar-refractivity contribution in [1.82, 2.24) is 16.0 Å². The smallest absolute Gasteiger partial charge is 0.326 e. The topological polar surface area (TPSA) is 125 Å². The van der Waals surface area contributed by atoms with Crippen LogP contribution in [0, 0.1) is 11.8 Å². The molecule has 0 aromatic heterocycles. The predicted molar refractivity (Wildman–Crippen MR) is 150 cm³/mol. The van der Waals surface area contributed by atoms with E-state index in [1.807, 2.05) is 44.2 Å². The maximum absolute atomic E-state index is 13.4. The van der Waals surface area contributed by atoms with Crippen LogP contribution in [-0.4, -0.2) is 46.9 Å². The van der Waals surface area contributed by atoms with Gasteiger partial charge in [0.05, 0.1) is 0 Å². The van der Waals surface area contributed by atoms with Gasteiger partial charge in [0.25, 0.3) is 0 Å². The molecule has 0 heterocycles. The van der Waals surface area contributed by atoms with Crippen molar-refractivity contribution in [1.29, 1.82) is 0 Å². The largest absolute Gasteiger partial charge is 0.480 e. The molecule has 3 atom stereocenters. The Labute approximate surface area is 228 Å². The van der Waals surface area contributed by atoms with Gasteiger partial charge in [0.1, 0.15) is 18.1 Å². The number of hydrogen-bond donors (Lipinski definition) is 4. The number of carbonyl (C=O) groups is 4. The van der Waals surface area contributed by atoms with Crippen LogP contribution in [0.3, 0.4) is 0 Å². The highest BCUT2D eigenvalue weighted by Gasteiger charge is 2.31. The van der Waals surface area contributed by atoms with Gasteiger partial charge < -0.3 is 21.1 Å². The van der Waals surface area contributed by atoms with E-state index in [4.69, 9.17) is 0 Å². The van der Waals surface area contributed by atoms with Crippen molar-refractivity contribution < 1.29 is 24.3 Å². The fourth-order valence-electron chi connectivity index (χ4n) is 4.31. The maximum atomic E-state index is 13.4. The molecule has 0 fully saturated rings. The van der Waals surface area contributed by atoms with Crippen LogP contribution in [0.5, 0.6) is 0 Å². The average Bonchev–Trinajstić information content (AvgIpc) is 2.85. The SMILES string of the molecule is CCCCCCCCCC(=O)N[C@@H](Cc1ccccc1)C(=O)N[C@@H](CC(C)C)C(=O)N[C@H](C(=O)O)C(C)C. The van der Waals surface area contributed by atoms with Gasteiger partial charge in [-0.1, -0.05) is 103 Å². The van der Waals surface area contributed by atoms with Gasteiger partial charge in [0.15, 0.2) is 0 Å². The normalized spacial score (nSPS) is 13.6. The second-order valence-corrected chi connectivity index (χ2v) is 10.9. The van der Waals surface area contributed by atoms with Gasteiger partial charge in [-0.05, 0) is 30.2 Å². The molecule has 0 spiro atoms. The lowest BCUT2D eigenvalue weighted by Gasteiger charge is -2.26. The minimum Gasteiger partial charge on any atom is -0.480 e. The van der Waals surface area contributed by atoms with E-state index >= 15 is 0 Å². The number of nitrogens with one attached hydrogen (secondary N) is 3. The molecule has 0 aliphatic carbocycles. The first-order chi connectivity index (χ1) is 18.0.